The zero-order valence-electron chi connectivity index (χ0n) is 17.8. The van der Waals surface area contributed by atoms with Gasteiger partial charge in [-0.05, 0) is 51.5 Å². The normalized spacial score (nSPS) is 23.4. The fourth-order valence-corrected chi connectivity index (χ4v) is 4.83. The van der Waals surface area contributed by atoms with Crippen molar-refractivity contribution in [2.24, 2.45) is 0 Å². The molecule has 4 rings (SSSR count). The number of aromatic nitrogens is 4. The highest BCUT2D eigenvalue weighted by Gasteiger charge is 2.33. The van der Waals surface area contributed by atoms with E-state index in [0.29, 0.717) is 30.7 Å². The third-order valence-electron chi connectivity index (χ3n) is 6.77. The minimum Gasteiger partial charge on any atom is -0.352 e. The van der Waals surface area contributed by atoms with Crippen molar-refractivity contribution in [3.8, 4) is 0 Å². The van der Waals surface area contributed by atoms with Crippen LogP contribution in [0.15, 0.2) is 6.33 Å². The summed E-state index contributed by atoms with van der Waals surface area (Å²) in [6.45, 7) is 4.00. The molecule has 1 amide bonds. The first-order valence-electron chi connectivity index (χ1n) is 11.3. The summed E-state index contributed by atoms with van der Waals surface area (Å²) in [6, 6.07) is 1.36. The minimum absolute atomic E-state index is 0.136. The number of hydrogen-bond donors (Lipinski definition) is 2. The zero-order chi connectivity index (χ0) is 20.2. The Kier molecular flexibility index (Phi) is 6.43. The van der Waals surface area contributed by atoms with Gasteiger partial charge in [-0.3, -0.25) is 4.79 Å². The van der Waals surface area contributed by atoms with E-state index < -0.39 is 0 Å². The summed E-state index contributed by atoms with van der Waals surface area (Å²) in [5.41, 5.74) is 3.05. The summed E-state index contributed by atoms with van der Waals surface area (Å²) < 4.78 is 1.75. The van der Waals surface area contributed by atoms with Crippen LogP contribution in [0.25, 0.3) is 5.78 Å². The number of nitrogens with zero attached hydrogens (tertiary/aromatic N) is 4. The maximum atomic E-state index is 12.6. The van der Waals surface area contributed by atoms with Crippen LogP contribution in [0.2, 0.25) is 0 Å². The summed E-state index contributed by atoms with van der Waals surface area (Å²) in [5, 5.41) is 11.3. The first-order chi connectivity index (χ1) is 14.1. The highest BCUT2D eigenvalue weighted by molar-refractivity contribution is 5.76. The number of aryl methyl sites for hydroxylation is 2. The molecule has 2 aromatic heterocycles. The van der Waals surface area contributed by atoms with Crippen LogP contribution in [0.1, 0.15) is 81.2 Å². The molecule has 0 unspecified atom stereocenters. The molecule has 2 aliphatic carbocycles. The Morgan fingerprint density at radius 1 is 1.07 bits per heavy atom. The summed E-state index contributed by atoms with van der Waals surface area (Å²) >= 11 is 0. The number of amides is 1. The van der Waals surface area contributed by atoms with Crippen LogP contribution in [-0.2, 0) is 11.2 Å². The molecule has 0 saturated heterocycles. The number of fused-ring (bicyclic) bond motifs is 1. The van der Waals surface area contributed by atoms with Gasteiger partial charge in [0.2, 0.25) is 5.91 Å². The molecule has 2 fully saturated rings. The number of nitrogens with one attached hydrogen (secondary N) is 2. The van der Waals surface area contributed by atoms with E-state index in [2.05, 4.69) is 25.7 Å². The SMILES string of the molecule is Cc1nc2ncnn2c(C)c1CCC(=O)N[C@H]1CC[C@H]1NC1CCCCCCC1. The van der Waals surface area contributed by atoms with Crippen LogP contribution in [-0.4, -0.2) is 43.6 Å². The van der Waals surface area contributed by atoms with Gasteiger partial charge in [-0.1, -0.05) is 32.1 Å². The molecule has 7 heteroatoms. The average molecular weight is 399 g/mol. The van der Waals surface area contributed by atoms with Gasteiger partial charge in [0.15, 0.2) is 0 Å². The van der Waals surface area contributed by atoms with Crippen LogP contribution in [0, 0.1) is 13.8 Å². The number of carbonyl (C=O) groups is 1. The molecule has 0 spiro atoms. The molecule has 2 N–H and O–H groups in total. The summed E-state index contributed by atoms with van der Waals surface area (Å²) in [7, 11) is 0. The van der Waals surface area contributed by atoms with E-state index in [9.17, 15) is 4.79 Å². The Bertz CT molecular complexity index is 839. The van der Waals surface area contributed by atoms with E-state index in [4.69, 9.17) is 0 Å². The fourth-order valence-electron chi connectivity index (χ4n) is 4.83. The molecule has 0 radical (unpaired) electrons. The summed E-state index contributed by atoms with van der Waals surface area (Å²) in [4.78, 5) is 21.3. The molecule has 7 nitrogen and oxygen atoms in total. The number of rotatable bonds is 6. The summed E-state index contributed by atoms with van der Waals surface area (Å²) in [5.74, 6) is 0.752. The molecule has 2 saturated carbocycles. The van der Waals surface area contributed by atoms with Gasteiger partial charge in [0.1, 0.15) is 6.33 Å². The molecule has 0 bridgehead atoms. The Balaban J connectivity index is 1.27. The molecular formula is C22H34N6O. The van der Waals surface area contributed by atoms with Gasteiger partial charge in [0.25, 0.3) is 5.78 Å². The fraction of sp³-hybridized carbons (Fsp3) is 0.727. The third-order valence-corrected chi connectivity index (χ3v) is 6.77. The van der Waals surface area contributed by atoms with Crippen LogP contribution in [0.5, 0.6) is 0 Å². The number of carbonyl (C=O) groups excluding carboxylic acids is 1. The van der Waals surface area contributed by atoms with Crippen molar-refractivity contribution in [3.05, 3.63) is 23.3 Å². The molecule has 0 aliphatic heterocycles. The Labute approximate surface area is 173 Å². The quantitative estimate of drug-likeness (QED) is 0.781. The average Bonchev–Trinajstić information content (AvgIpc) is 3.12. The van der Waals surface area contributed by atoms with Gasteiger partial charge < -0.3 is 10.6 Å². The predicted octanol–water partition coefficient (Wildman–Crippen LogP) is 3.02. The molecule has 2 heterocycles. The van der Waals surface area contributed by atoms with Crippen LogP contribution in [0.4, 0.5) is 0 Å². The summed E-state index contributed by atoms with van der Waals surface area (Å²) in [6.07, 6.45) is 14.3. The van der Waals surface area contributed by atoms with Crippen molar-refractivity contribution in [2.45, 2.75) is 103 Å². The highest BCUT2D eigenvalue weighted by Crippen LogP contribution is 2.24. The van der Waals surface area contributed by atoms with Crippen molar-refractivity contribution in [2.75, 3.05) is 0 Å². The maximum Gasteiger partial charge on any atom is 0.252 e. The van der Waals surface area contributed by atoms with Crippen LogP contribution < -0.4 is 10.6 Å². The smallest absolute Gasteiger partial charge is 0.252 e. The van der Waals surface area contributed by atoms with E-state index in [0.717, 1.165) is 23.4 Å². The molecule has 2 aromatic rings. The van der Waals surface area contributed by atoms with Gasteiger partial charge in [-0.2, -0.15) is 10.1 Å². The first-order valence-corrected chi connectivity index (χ1v) is 11.3. The molecule has 2 aliphatic rings. The van der Waals surface area contributed by atoms with E-state index in [1.807, 2.05) is 13.8 Å². The van der Waals surface area contributed by atoms with Gasteiger partial charge in [-0.25, -0.2) is 9.50 Å². The van der Waals surface area contributed by atoms with E-state index in [-0.39, 0.29) is 11.9 Å². The number of hydrogen-bond acceptors (Lipinski definition) is 5. The first kappa shape index (κ1) is 20.3. The second kappa shape index (κ2) is 9.20. The molecule has 2 atom stereocenters. The minimum atomic E-state index is 0.136. The van der Waals surface area contributed by atoms with Gasteiger partial charge >= 0.3 is 0 Å². The maximum absolute atomic E-state index is 12.6. The van der Waals surface area contributed by atoms with Gasteiger partial charge in [0.05, 0.1) is 0 Å². The van der Waals surface area contributed by atoms with Crippen LogP contribution >= 0.6 is 0 Å². The molecule has 158 valence electrons. The molecule has 0 aromatic carbocycles. The van der Waals surface area contributed by atoms with Crippen molar-refractivity contribution < 1.29 is 4.79 Å². The standard InChI is InChI=1S/C22H34N6O/c1-15-18(16(2)28-22(25-15)23-14-24-28)10-13-21(29)27-20-12-11-19(20)26-17-8-6-4-3-5-7-9-17/h14,17,19-20,26H,3-13H2,1-2H3,(H,27,29)/t19-,20+/m1/s1. The van der Waals surface area contributed by atoms with E-state index >= 15 is 0 Å². The predicted molar refractivity (Wildman–Crippen MR) is 113 cm³/mol. The highest BCUT2D eigenvalue weighted by atomic mass is 16.1. The van der Waals surface area contributed by atoms with Crippen molar-refractivity contribution in [1.29, 1.82) is 0 Å². The van der Waals surface area contributed by atoms with Crippen LogP contribution in [0.3, 0.4) is 0 Å². The lowest BCUT2D eigenvalue weighted by atomic mass is 9.84. The topological polar surface area (TPSA) is 84.2 Å². The third kappa shape index (κ3) is 4.77. The molecular weight excluding hydrogens is 364 g/mol. The Morgan fingerprint density at radius 2 is 1.79 bits per heavy atom. The monoisotopic (exact) mass is 398 g/mol. The Morgan fingerprint density at radius 3 is 2.52 bits per heavy atom. The Hall–Kier alpha value is -2.02. The van der Waals surface area contributed by atoms with Crippen molar-refractivity contribution in [3.63, 3.8) is 0 Å². The molecule has 29 heavy (non-hydrogen) atoms. The second-order valence-corrected chi connectivity index (χ2v) is 8.80. The van der Waals surface area contributed by atoms with Crippen molar-refractivity contribution >= 4 is 11.7 Å². The zero-order valence-corrected chi connectivity index (χ0v) is 17.8. The largest absolute Gasteiger partial charge is 0.352 e. The lowest BCUT2D eigenvalue weighted by Crippen LogP contribution is -2.59. The lowest BCUT2D eigenvalue weighted by molar-refractivity contribution is -0.122. The van der Waals surface area contributed by atoms with E-state index in [1.165, 1.54) is 57.7 Å². The van der Waals surface area contributed by atoms with Crippen molar-refractivity contribution in [1.82, 2.24) is 30.2 Å². The lowest BCUT2D eigenvalue weighted by Gasteiger charge is -2.40. The van der Waals surface area contributed by atoms with E-state index in [1.54, 1.807) is 4.52 Å². The second-order valence-electron chi connectivity index (χ2n) is 8.80. The van der Waals surface area contributed by atoms with Gasteiger partial charge in [-0.15, -0.1) is 0 Å². The van der Waals surface area contributed by atoms with Gasteiger partial charge in [0, 0.05) is 35.9 Å².